The molecular weight excluding hydrogens is 371 g/mol. The van der Waals surface area contributed by atoms with Gasteiger partial charge in [0.2, 0.25) is 5.91 Å². The monoisotopic (exact) mass is 392 g/mol. The van der Waals surface area contributed by atoms with E-state index in [-0.39, 0.29) is 17.1 Å². The highest BCUT2D eigenvalue weighted by atomic mass is 32.2. The molecule has 1 aromatic carbocycles. The minimum atomic E-state index is -0.253. The smallest absolute Gasteiger partial charge is 0.234 e. The van der Waals surface area contributed by atoms with E-state index in [1.165, 1.54) is 30.7 Å². The van der Waals surface area contributed by atoms with Crippen LogP contribution in [0.15, 0.2) is 29.4 Å². The molecular formula is C18H21FN4OS2. The van der Waals surface area contributed by atoms with Crippen LogP contribution in [0.1, 0.15) is 42.4 Å². The molecule has 1 saturated heterocycles. The maximum absolute atomic E-state index is 14.1. The van der Waals surface area contributed by atoms with Crippen molar-refractivity contribution in [1.29, 1.82) is 0 Å². The minimum Gasteiger partial charge on any atom is -0.325 e. The van der Waals surface area contributed by atoms with E-state index < -0.39 is 0 Å². The first-order valence-electron chi connectivity index (χ1n) is 8.90. The van der Waals surface area contributed by atoms with Crippen LogP contribution in [0.5, 0.6) is 0 Å². The first kappa shape index (κ1) is 17.9. The summed E-state index contributed by atoms with van der Waals surface area (Å²) in [6, 6.07) is 6.71. The summed E-state index contributed by atoms with van der Waals surface area (Å²) in [6.07, 6.45) is 2.36. The first-order valence-corrected chi connectivity index (χ1v) is 10.9. The van der Waals surface area contributed by atoms with Crippen LogP contribution in [0, 0.1) is 5.82 Å². The molecule has 1 aliphatic heterocycles. The third-order valence-electron chi connectivity index (χ3n) is 4.71. The average Bonchev–Trinajstić information content (AvgIpc) is 3.23. The summed E-state index contributed by atoms with van der Waals surface area (Å²) >= 11 is 3.04. The number of thioether (sulfide) groups is 2. The Hall–Kier alpha value is -1.54. The van der Waals surface area contributed by atoms with E-state index in [1.807, 2.05) is 6.07 Å². The molecule has 0 radical (unpaired) electrons. The summed E-state index contributed by atoms with van der Waals surface area (Å²) in [6.45, 7) is 3.54. The van der Waals surface area contributed by atoms with Gasteiger partial charge in [0.15, 0.2) is 5.16 Å². The van der Waals surface area contributed by atoms with E-state index in [1.54, 1.807) is 28.8 Å². The van der Waals surface area contributed by atoms with E-state index in [0.717, 1.165) is 23.3 Å². The van der Waals surface area contributed by atoms with Gasteiger partial charge in [0, 0.05) is 30.3 Å². The summed E-state index contributed by atoms with van der Waals surface area (Å²) in [7, 11) is 0. The van der Waals surface area contributed by atoms with Gasteiger partial charge in [-0.2, -0.15) is 0 Å². The number of nitrogens with zero attached hydrogens (tertiary/aromatic N) is 4. The number of rotatable bonds is 6. The van der Waals surface area contributed by atoms with Crippen LogP contribution >= 0.6 is 23.5 Å². The number of benzene rings is 1. The lowest BCUT2D eigenvalue weighted by atomic mass is 10.2. The van der Waals surface area contributed by atoms with Gasteiger partial charge in [-0.05, 0) is 25.8 Å². The SMILES string of the molecule is CCn1c(SCC(=O)N2CCS[C@@H]2c2ccccc2F)nnc1C1CC1. The molecule has 0 unspecified atom stereocenters. The molecule has 2 aromatic rings. The third-order valence-corrected chi connectivity index (χ3v) is 6.91. The molecule has 2 heterocycles. The number of carbonyl (C=O) groups is 1. The van der Waals surface area contributed by atoms with Crippen LogP contribution in [-0.4, -0.2) is 43.6 Å². The van der Waals surface area contributed by atoms with Crippen molar-refractivity contribution in [3.05, 3.63) is 41.5 Å². The van der Waals surface area contributed by atoms with Crippen molar-refractivity contribution in [2.75, 3.05) is 18.1 Å². The molecule has 0 spiro atoms. The summed E-state index contributed by atoms with van der Waals surface area (Å²) in [5.41, 5.74) is 0.584. The molecule has 2 fully saturated rings. The van der Waals surface area contributed by atoms with E-state index in [2.05, 4.69) is 21.7 Å². The van der Waals surface area contributed by atoms with Gasteiger partial charge in [0.1, 0.15) is 17.0 Å². The number of amides is 1. The lowest BCUT2D eigenvalue weighted by molar-refractivity contribution is -0.128. The Morgan fingerprint density at radius 1 is 1.35 bits per heavy atom. The molecule has 1 atom stereocenters. The zero-order valence-electron chi connectivity index (χ0n) is 14.6. The van der Waals surface area contributed by atoms with Gasteiger partial charge in [0.25, 0.3) is 0 Å². The average molecular weight is 393 g/mol. The maximum Gasteiger partial charge on any atom is 0.234 e. The molecule has 138 valence electrons. The van der Waals surface area contributed by atoms with E-state index in [0.29, 0.717) is 23.8 Å². The molecule has 1 aliphatic carbocycles. The topological polar surface area (TPSA) is 51.0 Å². The molecule has 0 N–H and O–H groups in total. The first-order chi connectivity index (χ1) is 12.7. The molecule has 1 amide bonds. The van der Waals surface area contributed by atoms with Gasteiger partial charge in [-0.15, -0.1) is 22.0 Å². The summed E-state index contributed by atoms with van der Waals surface area (Å²) in [5, 5.41) is 9.15. The number of carbonyl (C=O) groups excluding carboxylic acids is 1. The standard InChI is InChI=1S/C18H21FN4OS2/c1-2-22-16(12-7-8-12)20-21-18(22)26-11-15(24)23-9-10-25-17(23)13-5-3-4-6-14(13)19/h3-6,12,17H,2,7-11H2,1H3/t17-/m1/s1. The Balaban J connectivity index is 1.44. The van der Waals surface area contributed by atoms with Gasteiger partial charge < -0.3 is 9.47 Å². The number of hydrogen-bond acceptors (Lipinski definition) is 5. The molecule has 5 nitrogen and oxygen atoms in total. The maximum atomic E-state index is 14.1. The normalized spacial score (nSPS) is 19.9. The lowest BCUT2D eigenvalue weighted by Gasteiger charge is -2.24. The van der Waals surface area contributed by atoms with Crippen molar-refractivity contribution < 1.29 is 9.18 Å². The number of hydrogen-bond donors (Lipinski definition) is 0. The lowest BCUT2D eigenvalue weighted by Crippen LogP contribution is -2.32. The van der Waals surface area contributed by atoms with Crippen LogP contribution < -0.4 is 0 Å². The molecule has 2 aliphatic rings. The van der Waals surface area contributed by atoms with Gasteiger partial charge in [0.05, 0.1) is 5.75 Å². The Labute approximate surface area is 160 Å². The molecule has 0 bridgehead atoms. The van der Waals surface area contributed by atoms with Gasteiger partial charge in [-0.1, -0.05) is 30.0 Å². The van der Waals surface area contributed by atoms with Gasteiger partial charge in [-0.25, -0.2) is 4.39 Å². The third kappa shape index (κ3) is 3.49. The Morgan fingerprint density at radius 2 is 2.15 bits per heavy atom. The van der Waals surface area contributed by atoms with Crippen LogP contribution in [0.2, 0.25) is 0 Å². The second kappa shape index (κ2) is 7.60. The second-order valence-electron chi connectivity index (χ2n) is 6.48. The Bertz CT molecular complexity index is 808. The fourth-order valence-corrected chi connectivity index (χ4v) is 5.41. The molecule has 1 saturated carbocycles. The quantitative estimate of drug-likeness (QED) is 0.702. The van der Waals surface area contributed by atoms with Crippen molar-refractivity contribution in [3.63, 3.8) is 0 Å². The van der Waals surface area contributed by atoms with Crippen LogP contribution in [-0.2, 0) is 11.3 Å². The van der Waals surface area contributed by atoms with Crippen LogP contribution in [0.3, 0.4) is 0 Å². The fraction of sp³-hybridized carbons (Fsp3) is 0.500. The fourth-order valence-electron chi connectivity index (χ4n) is 3.22. The Morgan fingerprint density at radius 3 is 2.88 bits per heavy atom. The summed E-state index contributed by atoms with van der Waals surface area (Å²) in [5.74, 6) is 2.47. The largest absolute Gasteiger partial charge is 0.325 e. The van der Waals surface area contributed by atoms with Gasteiger partial charge in [-0.3, -0.25) is 4.79 Å². The molecule has 26 heavy (non-hydrogen) atoms. The number of halogens is 1. The number of aromatic nitrogens is 3. The van der Waals surface area contributed by atoms with Crippen molar-refractivity contribution in [2.45, 2.75) is 42.8 Å². The highest BCUT2D eigenvalue weighted by Crippen LogP contribution is 2.41. The zero-order chi connectivity index (χ0) is 18.1. The summed E-state index contributed by atoms with van der Waals surface area (Å²) < 4.78 is 16.2. The summed E-state index contributed by atoms with van der Waals surface area (Å²) in [4.78, 5) is 14.6. The Kier molecular flexibility index (Phi) is 5.22. The second-order valence-corrected chi connectivity index (χ2v) is 8.61. The highest BCUT2D eigenvalue weighted by Gasteiger charge is 2.33. The van der Waals surface area contributed by atoms with E-state index in [4.69, 9.17) is 0 Å². The van der Waals surface area contributed by atoms with Crippen LogP contribution in [0.4, 0.5) is 4.39 Å². The molecule has 4 rings (SSSR count). The van der Waals surface area contributed by atoms with Crippen LogP contribution in [0.25, 0.3) is 0 Å². The van der Waals surface area contributed by atoms with Crippen molar-refractivity contribution in [3.8, 4) is 0 Å². The predicted molar refractivity (Wildman–Crippen MR) is 102 cm³/mol. The van der Waals surface area contributed by atoms with Crippen molar-refractivity contribution >= 4 is 29.4 Å². The van der Waals surface area contributed by atoms with Gasteiger partial charge >= 0.3 is 0 Å². The molecule has 1 aromatic heterocycles. The van der Waals surface area contributed by atoms with Crippen molar-refractivity contribution in [1.82, 2.24) is 19.7 Å². The highest BCUT2D eigenvalue weighted by molar-refractivity contribution is 8.00. The van der Waals surface area contributed by atoms with E-state index >= 15 is 0 Å². The predicted octanol–water partition coefficient (Wildman–Crippen LogP) is 3.68. The zero-order valence-corrected chi connectivity index (χ0v) is 16.2. The van der Waals surface area contributed by atoms with E-state index in [9.17, 15) is 9.18 Å². The van der Waals surface area contributed by atoms with Crippen molar-refractivity contribution in [2.24, 2.45) is 0 Å². The minimum absolute atomic E-state index is 0.0203. The molecule has 8 heteroatoms.